The van der Waals surface area contributed by atoms with E-state index in [1.165, 1.54) is 0 Å². The normalized spacial score (nSPS) is 19.1. The molecule has 2 unspecified atom stereocenters. The van der Waals surface area contributed by atoms with Crippen molar-refractivity contribution < 1.29 is 14.3 Å². The van der Waals surface area contributed by atoms with Crippen LogP contribution in [0.3, 0.4) is 0 Å². The first-order chi connectivity index (χ1) is 9.69. The Hall–Kier alpha value is -2.06. The molecule has 1 aromatic carbocycles. The van der Waals surface area contributed by atoms with Gasteiger partial charge in [0.15, 0.2) is 6.10 Å². The third kappa shape index (κ3) is 3.97. The predicted octanol–water partition coefficient (Wildman–Crippen LogP) is 1.62. The van der Waals surface area contributed by atoms with Gasteiger partial charge in [-0.25, -0.2) is 0 Å². The molecule has 0 spiro atoms. The summed E-state index contributed by atoms with van der Waals surface area (Å²) in [6.45, 7) is 3.00. The molecule has 5 nitrogen and oxygen atoms in total. The summed E-state index contributed by atoms with van der Waals surface area (Å²) in [5, 5.41) is 11.5. The molecular weight excluding hydrogens is 256 g/mol. The van der Waals surface area contributed by atoms with Crippen LogP contribution in [-0.4, -0.2) is 31.3 Å². The standard InChI is InChI=1S/C15H18N2O3/c1-11(15(18)17-10-14-3-2-8-19-14)20-13-6-4-12(9-16)5-7-13/h4-7,11,14H,2-3,8,10H2,1H3,(H,17,18). The van der Waals surface area contributed by atoms with Crippen molar-refractivity contribution in [3.8, 4) is 11.8 Å². The van der Waals surface area contributed by atoms with Crippen LogP contribution in [0.5, 0.6) is 5.75 Å². The molecule has 0 saturated carbocycles. The van der Waals surface area contributed by atoms with Gasteiger partial charge in [-0.2, -0.15) is 5.26 Å². The van der Waals surface area contributed by atoms with E-state index in [2.05, 4.69) is 5.32 Å². The second kappa shape index (κ2) is 6.92. The number of ether oxygens (including phenoxy) is 2. The van der Waals surface area contributed by atoms with Crippen molar-refractivity contribution in [2.75, 3.05) is 13.2 Å². The first-order valence-corrected chi connectivity index (χ1v) is 6.75. The summed E-state index contributed by atoms with van der Waals surface area (Å²) in [6, 6.07) is 8.72. The number of hydrogen-bond donors (Lipinski definition) is 1. The first-order valence-electron chi connectivity index (χ1n) is 6.75. The van der Waals surface area contributed by atoms with E-state index >= 15 is 0 Å². The lowest BCUT2D eigenvalue weighted by molar-refractivity contribution is -0.127. The van der Waals surface area contributed by atoms with Crippen molar-refractivity contribution in [2.24, 2.45) is 0 Å². The number of carbonyl (C=O) groups excluding carboxylic acids is 1. The number of nitriles is 1. The van der Waals surface area contributed by atoms with Gasteiger partial charge in [0, 0.05) is 13.2 Å². The molecule has 1 amide bonds. The molecule has 1 fully saturated rings. The predicted molar refractivity (Wildman–Crippen MR) is 73.2 cm³/mol. The zero-order chi connectivity index (χ0) is 14.4. The highest BCUT2D eigenvalue weighted by atomic mass is 16.5. The third-order valence-electron chi connectivity index (χ3n) is 3.19. The van der Waals surface area contributed by atoms with Gasteiger partial charge in [-0.15, -0.1) is 0 Å². The summed E-state index contributed by atoms with van der Waals surface area (Å²) in [5.74, 6) is 0.411. The van der Waals surface area contributed by atoms with Gasteiger partial charge in [0.2, 0.25) is 0 Å². The van der Waals surface area contributed by atoms with Crippen LogP contribution in [0.15, 0.2) is 24.3 Å². The molecule has 0 bridgehead atoms. The number of nitrogens with zero attached hydrogens (tertiary/aromatic N) is 1. The zero-order valence-electron chi connectivity index (χ0n) is 11.5. The Balaban J connectivity index is 1.79. The third-order valence-corrected chi connectivity index (χ3v) is 3.19. The molecule has 5 heteroatoms. The van der Waals surface area contributed by atoms with Crippen LogP contribution in [-0.2, 0) is 9.53 Å². The summed E-state index contributed by atoms with van der Waals surface area (Å²) in [7, 11) is 0. The molecule has 2 rings (SSSR count). The molecule has 106 valence electrons. The minimum atomic E-state index is -0.579. The van der Waals surface area contributed by atoms with Crippen molar-refractivity contribution in [1.29, 1.82) is 5.26 Å². The van der Waals surface area contributed by atoms with Gasteiger partial charge in [-0.05, 0) is 44.0 Å². The first kappa shape index (κ1) is 14.4. The summed E-state index contributed by atoms with van der Waals surface area (Å²) >= 11 is 0. The van der Waals surface area contributed by atoms with Gasteiger partial charge in [-0.1, -0.05) is 0 Å². The Kier molecular flexibility index (Phi) is 4.97. The quantitative estimate of drug-likeness (QED) is 0.885. The van der Waals surface area contributed by atoms with E-state index in [1.807, 2.05) is 6.07 Å². The van der Waals surface area contributed by atoms with Crippen LogP contribution in [0.1, 0.15) is 25.3 Å². The molecule has 0 aliphatic carbocycles. The molecule has 1 aliphatic heterocycles. The van der Waals surface area contributed by atoms with E-state index in [9.17, 15) is 4.79 Å². The molecule has 1 heterocycles. The minimum absolute atomic E-state index is 0.126. The highest BCUT2D eigenvalue weighted by molar-refractivity contribution is 5.80. The number of benzene rings is 1. The van der Waals surface area contributed by atoms with Gasteiger partial charge < -0.3 is 14.8 Å². The maximum absolute atomic E-state index is 11.9. The van der Waals surface area contributed by atoms with Crippen LogP contribution in [0.4, 0.5) is 0 Å². The number of hydrogen-bond acceptors (Lipinski definition) is 4. The molecule has 2 atom stereocenters. The monoisotopic (exact) mass is 274 g/mol. The maximum atomic E-state index is 11.9. The molecule has 0 radical (unpaired) electrons. The number of amides is 1. The second-order valence-electron chi connectivity index (χ2n) is 4.78. The smallest absolute Gasteiger partial charge is 0.260 e. The van der Waals surface area contributed by atoms with Gasteiger partial charge in [0.1, 0.15) is 5.75 Å². The van der Waals surface area contributed by atoms with E-state index < -0.39 is 6.10 Å². The molecule has 20 heavy (non-hydrogen) atoms. The van der Waals surface area contributed by atoms with Crippen molar-refractivity contribution in [2.45, 2.75) is 32.0 Å². The van der Waals surface area contributed by atoms with Gasteiger partial charge in [0.25, 0.3) is 5.91 Å². The van der Waals surface area contributed by atoms with E-state index in [0.717, 1.165) is 19.4 Å². The van der Waals surface area contributed by atoms with Crippen LogP contribution < -0.4 is 10.1 Å². The topological polar surface area (TPSA) is 71.3 Å². The molecule has 0 aromatic heterocycles. The number of rotatable bonds is 5. The fourth-order valence-corrected chi connectivity index (χ4v) is 2.03. The Morgan fingerprint density at radius 2 is 2.30 bits per heavy atom. The van der Waals surface area contributed by atoms with E-state index in [1.54, 1.807) is 31.2 Å². The fourth-order valence-electron chi connectivity index (χ4n) is 2.03. The lowest BCUT2D eigenvalue weighted by atomic mass is 10.2. The SMILES string of the molecule is CC(Oc1ccc(C#N)cc1)C(=O)NCC1CCCO1. The van der Waals surface area contributed by atoms with Crippen molar-refractivity contribution in [3.05, 3.63) is 29.8 Å². The van der Waals surface area contributed by atoms with Crippen molar-refractivity contribution in [1.82, 2.24) is 5.32 Å². The number of nitrogens with one attached hydrogen (secondary N) is 1. The van der Waals surface area contributed by atoms with Crippen LogP contribution in [0.2, 0.25) is 0 Å². The summed E-state index contributed by atoms with van der Waals surface area (Å²) in [6.07, 6.45) is 1.59. The minimum Gasteiger partial charge on any atom is -0.481 e. The van der Waals surface area contributed by atoms with Crippen LogP contribution >= 0.6 is 0 Å². The Morgan fingerprint density at radius 3 is 2.90 bits per heavy atom. The average molecular weight is 274 g/mol. The molecule has 1 aromatic rings. The summed E-state index contributed by atoms with van der Waals surface area (Å²) < 4.78 is 11.0. The molecule has 1 aliphatic rings. The van der Waals surface area contributed by atoms with E-state index in [0.29, 0.717) is 17.9 Å². The average Bonchev–Trinajstić information content (AvgIpc) is 2.98. The maximum Gasteiger partial charge on any atom is 0.260 e. The zero-order valence-corrected chi connectivity index (χ0v) is 11.5. The van der Waals surface area contributed by atoms with Crippen molar-refractivity contribution in [3.63, 3.8) is 0 Å². The largest absolute Gasteiger partial charge is 0.481 e. The van der Waals surface area contributed by atoms with Crippen molar-refractivity contribution >= 4 is 5.91 Å². The molecule has 1 saturated heterocycles. The van der Waals surface area contributed by atoms with E-state index in [4.69, 9.17) is 14.7 Å². The fraction of sp³-hybridized carbons (Fsp3) is 0.467. The van der Waals surface area contributed by atoms with Gasteiger partial charge in [0.05, 0.1) is 17.7 Å². The van der Waals surface area contributed by atoms with Crippen LogP contribution in [0.25, 0.3) is 0 Å². The lowest BCUT2D eigenvalue weighted by Gasteiger charge is -2.16. The Labute approximate surface area is 118 Å². The second-order valence-corrected chi connectivity index (χ2v) is 4.78. The van der Waals surface area contributed by atoms with Gasteiger partial charge in [-0.3, -0.25) is 4.79 Å². The Morgan fingerprint density at radius 1 is 1.55 bits per heavy atom. The summed E-state index contributed by atoms with van der Waals surface area (Å²) in [5.41, 5.74) is 0.563. The van der Waals surface area contributed by atoms with Gasteiger partial charge >= 0.3 is 0 Å². The lowest BCUT2D eigenvalue weighted by Crippen LogP contribution is -2.40. The summed E-state index contributed by atoms with van der Waals surface area (Å²) in [4.78, 5) is 11.9. The molecular formula is C15H18N2O3. The Bertz CT molecular complexity index is 487. The molecule has 1 N–H and O–H groups in total. The highest BCUT2D eigenvalue weighted by Crippen LogP contribution is 2.14. The van der Waals surface area contributed by atoms with E-state index in [-0.39, 0.29) is 12.0 Å². The number of carbonyl (C=O) groups is 1. The van der Waals surface area contributed by atoms with Crippen LogP contribution in [0, 0.1) is 11.3 Å². The highest BCUT2D eigenvalue weighted by Gasteiger charge is 2.19.